The number of fused-ring (bicyclic) bond motifs is 1. The van der Waals surface area contributed by atoms with Crippen LogP contribution in [0.2, 0.25) is 0 Å². The average molecular weight is 502 g/mol. The zero-order valence-corrected chi connectivity index (χ0v) is 20.0. The molecule has 0 aromatic carbocycles. The number of imidazole rings is 1. The van der Waals surface area contributed by atoms with Crippen molar-refractivity contribution in [2.75, 3.05) is 18.5 Å². The molecule has 1 aliphatic heterocycles. The number of ether oxygens (including phenoxy) is 2. The van der Waals surface area contributed by atoms with E-state index in [1.165, 1.54) is 15.6 Å². The van der Waals surface area contributed by atoms with Crippen molar-refractivity contribution in [1.82, 2.24) is 29.3 Å². The molecular formula is C23H31N7O6. The SMILES string of the molecule is CCOC(=O)CCc1cnn(-c2nc(NC3CCCC3)c3ncn([C@@H]4O[C@H](CO)[C@@H](O)[C@H]4O)c3n2)c1. The molecule has 4 N–H and O–H groups in total. The van der Waals surface area contributed by atoms with Gasteiger partial charge < -0.3 is 30.1 Å². The maximum absolute atomic E-state index is 11.7. The summed E-state index contributed by atoms with van der Waals surface area (Å²) >= 11 is 0. The smallest absolute Gasteiger partial charge is 0.306 e. The number of aliphatic hydroxyl groups is 3. The summed E-state index contributed by atoms with van der Waals surface area (Å²) in [6.45, 7) is 1.68. The zero-order chi connectivity index (χ0) is 25.2. The molecule has 1 saturated carbocycles. The first-order valence-electron chi connectivity index (χ1n) is 12.3. The van der Waals surface area contributed by atoms with Gasteiger partial charge in [-0.25, -0.2) is 9.67 Å². The van der Waals surface area contributed by atoms with Crippen LogP contribution in [0.15, 0.2) is 18.7 Å². The quantitative estimate of drug-likeness (QED) is 0.301. The first-order chi connectivity index (χ1) is 17.5. The lowest BCUT2D eigenvalue weighted by atomic mass is 10.1. The molecule has 13 heteroatoms. The van der Waals surface area contributed by atoms with Gasteiger partial charge in [-0.05, 0) is 31.7 Å². The average Bonchev–Trinajstić information content (AvgIpc) is 3.67. The number of aromatic nitrogens is 6. The summed E-state index contributed by atoms with van der Waals surface area (Å²) in [5.41, 5.74) is 1.71. The molecule has 4 atom stereocenters. The maximum atomic E-state index is 11.7. The Hall–Kier alpha value is -3.13. The Morgan fingerprint density at radius 1 is 1.25 bits per heavy atom. The van der Waals surface area contributed by atoms with Gasteiger partial charge in [-0.3, -0.25) is 9.36 Å². The fraction of sp³-hybridized carbons (Fsp3) is 0.609. The number of carbonyl (C=O) groups is 1. The van der Waals surface area contributed by atoms with E-state index in [0.717, 1.165) is 31.2 Å². The van der Waals surface area contributed by atoms with Gasteiger partial charge in [0.05, 0.1) is 25.7 Å². The minimum Gasteiger partial charge on any atom is -0.466 e. The number of rotatable bonds is 9. The van der Waals surface area contributed by atoms with Crippen LogP contribution < -0.4 is 5.32 Å². The van der Waals surface area contributed by atoms with Gasteiger partial charge in [0.1, 0.15) is 18.3 Å². The number of hydrogen-bond donors (Lipinski definition) is 4. The molecule has 3 aromatic rings. The Labute approximate surface area is 207 Å². The third kappa shape index (κ3) is 4.78. The monoisotopic (exact) mass is 501 g/mol. The van der Waals surface area contributed by atoms with Gasteiger partial charge in [0, 0.05) is 18.7 Å². The second kappa shape index (κ2) is 10.5. The second-order valence-electron chi connectivity index (χ2n) is 9.15. The normalized spacial score (nSPS) is 24.6. The molecule has 0 spiro atoms. The topological polar surface area (TPSA) is 170 Å². The van der Waals surface area contributed by atoms with E-state index in [1.54, 1.807) is 19.3 Å². The van der Waals surface area contributed by atoms with Crippen LogP contribution in [0.5, 0.6) is 0 Å². The van der Waals surface area contributed by atoms with Crippen LogP contribution in [-0.4, -0.2) is 88.2 Å². The maximum Gasteiger partial charge on any atom is 0.306 e. The Balaban J connectivity index is 1.49. The Morgan fingerprint density at radius 3 is 2.78 bits per heavy atom. The fourth-order valence-corrected chi connectivity index (χ4v) is 4.75. The first kappa shape index (κ1) is 24.6. The van der Waals surface area contributed by atoms with Gasteiger partial charge in [0.15, 0.2) is 23.2 Å². The number of carbonyl (C=O) groups excluding carboxylic acids is 1. The molecule has 194 valence electrons. The third-order valence-electron chi connectivity index (χ3n) is 6.66. The molecule has 1 saturated heterocycles. The number of nitrogens with zero attached hydrogens (tertiary/aromatic N) is 6. The van der Waals surface area contributed by atoms with Crippen LogP contribution in [0.3, 0.4) is 0 Å². The van der Waals surface area contributed by atoms with Gasteiger partial charge in [0.2, 0.25) is 0 Å². The van der Waals surface area contributed by atoms with Crippen molar-refractivity contribution in [2.45, 2.75) is 76.0 Å². The van der Waals surface area contributed by atoms with Crippen LogP contribution in [0.1, 0.15) is 50.8 Å². The van der Waals surface area contributed by atoms with E-state index in [9.17, 15) is 20.1 Å². The number of nitrogens with one attached hydrogen (secondary N) is 1. The molecule has 0 unspecified atom stereocenters. The minimum absolute atomic E-state index is 0.242. The molecule has 0 amide bonds. The number of anilines is 1. The van der Waals surface area contributed by atoms with Crippen molar-refractivity contribution < 1.29 is 29.6 Å². The molecule has 0 radical (unpaired) electrons. The molecular weight excluding hydrogens is 470 g/mol. The lowest BCUT2D eigenvalue weighted by Crippen LogP contribution is -2.33. The van der Waals surface area contributed by atoms with E-state index in [0.29, 0.717) is 30.0 Å². The summed E-state index contributed by atoms with van der Waals surface area (Å²) in [5, 5.41) is 38.2. The Kier molecular flexibility index (Phi) is 7.14. The number of aliphatic hydroxyl groups excluding tert-OH is 3. The summed E-state index contributed by atoms with van der Waals surface area (Å²) in [6.07, 6.45) is 5.50. The van der Waals surface area contributed by atoms with Gasteiger partial charge in [0.25, 0.3) is 5.95 Å². The lowest BCUT2D eigenvalue weighted by Gasteiger charge is -2.18. The first-order valence-corrected chi connectivity index (χ1v) is 12.3. The highest BCUT2D eigenvalue weighted by atomic mass is 16.6. The highest BCUT2D eigenvalue weighted by molar-refractivity contribution is 5.84. The Morgan fingerprint density at radius 2 is 2.06 bits per heavy atom. The van der Waals surface area contributed by atoms with E-state index < -0.39 is 31.1 Å². The molecule has 36 heavy (non-hydrogen) atoms. The number of esters is 1. The highest BCUT2D eigenvalue weighted by Crippen LogP contribution is 2.33. The van der Waals surface area contributed by atoms with Crippen molar-refractivity contribution >= 4 is 23.0 Å². The summed E-state index contributed by atoms with van der Waals surface area (Å²) in [7, 11) is 0. The van der Waals surface area contributed by atoms with Crippen molar-refractivity contribution in [3.05, 3.63) is 24.3 Å². The third-order valence-corrected chi connectivity index (χ3v) is 6.66. The van der Waals surface area contributed by atoms with Gasteiger partial charge in [-0.1, -0.05) is 12.8 Å². The lowest BCUT2D eigenvalue weighted by molar-refractivity contribution is -0.143. The number of aryl methyl sites for hydroxylation is 1. The van der Waals surface area contributed by atoms with Crippen LogP contribution >= 0.6 is 0 Å². The molecule has 4 heterocycles. The van der Waals surface area contributed by atoms with Crippen molar-refractivity contribution in [2.24, 2.45) is 0 Å². The van der Waals surface area contributed by atoms with Gasteiger partial charge >= 0.3 is 5.97 Å². The molecule has 3 aromatic heterocycles. The minimum atomic E-state index is -1.27. The molecule has 5 rings (SSSR count). The fourth-order valence-electron chi connectivity index (χ4n) is 4.75. The van der Waals surface area contributed by atoms with Crippen LogP contribution in [0, 0.1) is 0 Å². The van der Waals surface area contributed by atoms with Crippen molar-refractivity contribution in [1.29, 1.82) is 0 Å². The molecule has 2 aliphatic rings. The largest absolute Gasteiger partial charge is 0.466 e. The molecule has 13 nitrogen and oxygen atoms in total. The second-order valence-corrected chi connectivity index (χ2v) is 9.15. The van der Waals surface area contributed by atoms with Crippen molar-refractivity contribution in [3.63, 3.8) is 0 Å². The summed E-state index contributed by atoms with van der Waals surface area (Å²) < 4.78 is 13.8. The predicted molar refractivity (Wildman–Crippen MR) is 126 cm³/mol. The van der Waals surface area contributed by atoms with Crippen LogP contribution in [0.4, 0.5) is 5.82 Å². The van der Waals surface area contributed by atoms with E-state index in [2.05, 4.69) is 20.4 Å². The van der Waals surface area contributed by atoms with E-state index in [1.807, 2.05) is 0 Å². The van der Waals surface area contributed by atoms with E-state index >= 15 is 0 Å². The zero-order valence-electron chi connectivity index (χ0n) is 20.0. The van der Waals surface area contributed by atoms with E-state index in [4.69, 9.17) is 14.5 Å². The predicted octanol–water partition coefficient (Wildman–Crippen LogP) is 0.474. The Bertz CT molecular complexity index is 1210. The van der Waals surface area contributed by atoms with Gasteiger partial charge in [-0.15, -0.1) is 0 Å². The molecule has 0 bridgehead atoms. The molecule has 2 fully saturated rings. The summed E-state index contributed by atoms with van der Waals surface area (Å²) in [5.74, 6) is 0.545. The highest BCUT2D eigenvalue weighted by Gasteiger charge is 2.44. The molecule has 1 aliphatic carbocycles. The van der Waals surface area contributed by atoms with Crippen LogP contribution in [-0.2, 0) is 20.7 Å². The summed E-state index contributed by atoms with van der Waals surface area (Å²) in [6, 6.07) is 0.257. The summed E-state index contributed by atoms with van der Waals surface area (Å²) in [4.78, 5) is 25.6. The van der Waals surface area contributed by atoms with E-state index in [-0.39, 0.29) is 24.4 Å². The number of hydrogen-bond acceptors (Lipinski definition) is 11. The van der Waals surface area contributed by atoms with Gasteiger partial charge in [-0.2, -0.15) is 15.1 Å². The van der Waals surface area contributed by atoms with Crippen molar-refractivity contribution in [3.8, 4) is 5.95 Å². The standard InChI is InChI=1S/C23H31N7O6/c1-2-35-16(32)8-7-13-9-25-30(10-13)23-27-20(26-14-5-3-4-6-14)17-21(28-23)29(12-24-17)22-19(34)18(33)15(11-31)36-22/h9-10,12,14-15,18-19,22,31,33-34H,2-8,11H2,1H3,(H,26,27,28)/t15-,18-,19-,22-/m1/s1. The van der Waals surface area contributed by atoms with Crippen LogP contribution in [0.25, 0.3) is 17.1 Å².